The van der Waals surface area contributed by atoms with Gasteiger partial charge in [-0.2, -0.15) is 0 Å². The second-order valence-corrected chi connectivity index (χ2v) is 9.09. The van der Waals surface area contributed by atoms with Crippen molar-refractivity contribution < 1.29 is 13.2 Å². The molecule has 3 rings (SSSR count). The van der Waals surface area contributed by atoms with E-state index in [1.165, 1.54) is 29.7 Å². The number of fused-ring (bicyclic) bond motifs is 1. The molecule has 1 amide bonds. The SMILES string of the molecule is Cc1nnc(C(=O)N2CCc3c(cccc3S(=O)(=O)N(C)C)C2)s1. The highest BCUT2D eigenvalue weighted by Gasteiger charge is 2.29. The van der Waals surface area contributed by atoms with E-state index in [4.69, 9.17) is 0 Å². The molecule has 0 spiro atoms. The van der Waals surface area contributed by atoms with Gasteiger partial charge < -0.3 is 4.90 Å². The standard InChI is InChI=1S/C15H18N4O3S2/c1-10-16-17-14(23-10)15(20)19-8-7-12-11(9-19)5-4-6-13(12)24(21,22)18(2)3/h4-6H,7-9H2,1-3H3. The third-order valence-electron chi connectivity index (χ3n) is 3.98. The molecular formula is C15H18N4O3S2. The summed E-state index contributed by atoms with van der Waals surface area (Å²) in [7, 11) is -0.457. The van der Waals surface area contributed by atoms with Gasteiger partial charge in [0.2, 0.25) is 15.0 Å². The zero-order chi connectivity index (χ0) is 17.5. The first-order valence-corrected chi connectivity index (χ1v) is 9.69. The Hall–Kier alpha value is -1.84. The summed E-state index contributed by atoms with van der Waals surface area (Å²) >= 11 is 1.27. The number of nitrogens with zero attached hydrogens (tertiary/aromatic N) is 4. The van der Waals surface area contributed by atoms with Gasteiger partial charge >= 0.3 is 0 Å². The van der Waals surface area contributed by atoms with Crippen molar-refractivity contribution in [2.75, 3.05) is 20.6 Å². The molecule has 7 nitrogen and oxygen atoms in total. The molecule has 1 aromatic heterocycles. The van der Waals surface area contributed by atoms with Crippen LogP contribution in [0.4, 0.5) is 0 Å². The van der Waals surface area contributed by atoms with Gasteiger partial charge in [-0.1, -0.05) is 23.5 Å². The maximum atomic E-state index is 12.5. The first kappa shape index (κ1) is 17.0. The summed E-state index contributed by atoms with van der Waals surface area (Å²) in [5.74, 6) is -0.160. The highest BCUT2D eigenvalue weighted by molar-refractivity contribution is 7.89. The van der Waals surface area contributed by atoms with E-state index in [9.17, 15) is 13.2 Å². The van der Waals surface area contributed by atoms with E-state index in [2.05, 4.69) is 10.2 Å². The van der Waals surface area contributed by atoms with Gasteiger partial charge in [-0.05, 0) is 30.5 Å². The molecule has 1 aliphatic rings. The first-order chi connectivity index (χ1) is 11.3. The number of benzene rings is 1. The van der Waals surface area contributed by atoms with Gasteiger partial charge in [-0.3, -0.25) is 4.79 Å². The van der Waals surface area contributed by atoms with Gasteiger partial charge in [0.25, 0.3) is 5.91 Å². The zero-order valence-corrected chi connectivity index (χ0v) is 15.3. The van der Waals surface area contributed by atoms with E-state index in [1.54, 1.807) is 24.0 Å². The highest BCUT2D eigenvalue weighted by atomic mass is 32.2. The number of aromatic nitrogens is 2. The van der Waals surface area contributed by atoms with Crippen LogP contribution < -0.4 is 0 Å². The highest BCUT2D eigenvalue weighted by Crippen LogP contribution is 2.28. The van der Waals surface area contributed by atoms with Crippen LogP contribution in [0.25, 0.3) is 0 Å². The number of sulfonamides is 1. The summed E-state index contributed by atoms with van der Waals surface area (Å²) in [5.41, 5.74) is 1.66. The summed E-state index contributed by atoms with van der Waals surface area (Å²) in [6.45, 7) is 2.65. The molecule has 0 saturated carbocycles. The third kappa shape index (κ3) is 2.94. The van der Waals surface area contributed by atoms with Gasteiger partial charge in [-0.15, -0.1) is 10.2 Å². The molecule has 2 aromatic rings. The maximum Gasteiger partial charge on any atom is 0.285 e. The zero-order valence-electron chi connectivity index (χ0n) is 13.7. The molecule has 1 aromatic carbocycles. The predicted octanol–water partition coefficient (Wildman–Crippen LogP) is 1.30. The number of carbonyl (C=O) groups excluding carboxylic acids is 1. The Balaban J connectivity index is 1.91. The molecule has 0 aliphatic carbocycles. The minimum atomic E-state index is -3.50. The monoisotopic (exact) mass is 366 g/mol. The Bertz CT molecular complexity index is 890. The van der Waals surface area contributed by atoms with Crippen molar-refractivity contribution in [3.8, 4) is 0 Å². The van der Waals surface area contributed by atoms with Gasteiger partial charge in [0.05, 0.1) is 4.90 Å². The number of rotatable bonds is 3. The lowest BCUT2D eigenvalue weighted by Crippen LogP contribution is -2.37. The van der Waals surface area contributed by atoms with Crippen molar-refractivity contribution in [3.63, 3.8) is 0 Å². The summed E-state index contributed by atoms with van der Waals surface area (Å²) in [5, 5.41) is 8.89. The maximum absolute atomic E-state index is 12.5. The fraction of sp³-hybridized carbons (Fsp3) is 0.400. The van der Waals surface area contributed by atoms with Crippen LogP contribution in [0, 0.1) is 6.92 Å². The summed E-state index contributed by atoms with van der Waals surface area (Å²) in [6.07, 6.45) is 0.502. The molecule has 0 saturated heterocycles. The van der Waals surface area contributed by atoms with Crippen LogP contribution >= 0.6 is 11.3 Å². The van der Waals surface area contributed by atoms with E-state index in [0.717, 1.165) is 16.1 Å². The lowest BCUT2D eigenvalue weighted by Gasteiger charge is -2.29. The fourth-order valence-electron chi connectivity index (χ4n) is 2.70. The van der Waals surface area contributed by atoms with E-state index in [-0.39, 0.29) is 5.91 Å². The van der Waals surface area contributed by atoms with Crippen LogP contribution in [-0.2, 0) is 23.0 Å². The second kappa shape index (κ2) is 6.23. The molecule has 0 N–H and O–H groups in total. The minimum Gasteiger partial charge on any atom is -0.332 e. The molecule has 2 heterocycles. The van der Waals surface area contributed by atoms with Crippen molar-refractivity contribution in [2.45, 2.75) is 24.8 Å². The molecule has 0 radical (unpaired) electrons. The van der Waals surface area contributed by atoms with Crippen LogP contribution in [0.5, 0.6) is 0 Å². The van der Waals surface area contributed by atoms with Crippen LogP contribution in [0.1, 0.15) is 25.9 Å². The molecule has 0 atom stereocenters. The molecule has 0 fully saturated rings. The van der Waals surface area contributed by atoms with Crippen LogP contribution in [0.2, 0.25) is 0 Å². The van der Waals surface area contributed by atoms with E-state index in [0.29, 0.717) is 29.4 Å². The number of hydrogen-bond donors (Lipinski definition) is 0. The van der Waals surface area contributed by atoms with Crippen molar-refractivity contribution in [3.05, 3.63) is 39.3 Å². The van der Waals surface area contributed by atoms with E-state index < -0.39 is 10.0 Å². The topological polar surface area (TPSA) is 83.5 Å². The smallest absolute Gasteiger partial charge is 0.285 e. The average molecular weight is 366 g/mol. The largest absolute Gasteiger partial charge is 0.332 e. The van der Waals surface area contributed by atoms with Crippen LogP contribution in [-0.4, -0.2) is 54.4 Å². The van der Waals surface area contributed by atoms with Crippen molar-refractivity contribution in [2.24, 2.45) is 0 Å². The number of amides is 1. The van der Waals surface area contributed by atoms with Crippen molar-refractivity contribution in [1.82, 2.24) is 19.4 Å². The quantitative estimate of drug-likeness (QED) is 0.817. The third-order valence-corrected chi connectivity index (χ3v) is 6.70. The Morgan fingerprint density at radius 2 is 2.04 bits per heavy atom. The van der Waals surface area contributed by atoms with E-state index in [1.807, 2.05) is 6.07 Å². The average Bonchev–Trinajstić information content (AvgIpc) is 2.99. The molecule has 128 valence electrons. The minimum absolute atomic E-state index is 0.160. The van der Waals surface area contributed by atoms with Gasteiger partial charge in [-0.25, -0.2) is 12.7 Å². The Kier molecular flexibility index (Phi) is 4.41. The molecule has 1 aliphatic heterocycles. The molecular weight excluding hydrogens is 348 g/mol. The van der Waals surface area contributed by atoms with Crippen LogP contribution in [0.15, 0.2) is 23.1 Å². The normalized spacial score (nSPS) is 14.8. The van der Waals surface area contributed by atoms with Crippen molar-refractivity contribution >= 4 is 27.3 Å². The fourth-order valence-corrected chi connectivity index (χ4v) is 4.55. The van der Waals surface area contributed by atoms with Gasteiger partial charge in [0, 0.05) is 27.2 Å². The van der Waals surface area contributed by atoms with Crippen LogP contribution in [0.3, 0.4) is 0 Å². The van der Waals surface area contributed by atoms with E-state index >= 15 is 0 Å². The Morgan fingerprint density at radius 1 is 1.29 bits per heavy atom. The Labute approximate surface area is 145 Å². The number of carbonyl (C=O) groups is 1. The van der Waals surface area contributed by atoms with Gasteiger partial charge in [0.15, 0.2) is 0 Å². The first-order valence-electron chi connectivity index (χ1n) is 7.43. The lowest BCUT2D eigenvalue weighted by molar-refractivity contribution is 0.0732. The summed E-state index contributed by atoms with van der Waals surface area (Å²) < 4.78 is 26.2. The van der Waals surface area contributed by atoms with Crippen molar-refractivity contribution in [1.29, 1.82) is 0 Å². The van der Waals surface area contributed by atoms with Gasteiger partial charge in [0.1, 0.15) is 5.01 Å². The molecule has 0 unspecified atom stereocenters. The lowest BCUT2D eigenvalue weighted by atomic mass is 10.00. The molecule has 24 heavy (non-hydrogen) atoms. The summed E-state index contributed by atoms with van der Waals surface area (Å²) in [6, 6.07) is 5.22. The number of hydrogen-bond acceptors (Lipinski definition) is 6. The second-order valence-electron chi connectivity index (χ2n) is 5.78. The Morgan fingerprint density at radius 3 is 2.67 bits per heavy atom. The molecule has 0 bridgehead atoms. The molecule has 9 heteroatoms. The summed E-state index contributed by atoms with van der Waals surface area (Å²) in [4.78, 5) is 14.5. The number of aryl methyl sites for hydroxylation is 1. The predicted molar refractivity (Wildman–Crippen MR) is 90.4 cm³/mol.